The maximum absolute atomic E-state index is 12.1. The van der Waals surface area contributed by atoms with Gasteiger partial charge < -0.3 is 10.2 Å². The molecule has 1 aromatic carbocycles. The molecule has 0 bridgehead atoms. The Labute approximate surface area is 76.4 Å². The Morgan fingerprint density at radius 3 is 2.36 bits per heavy atom. The number of carbonyl (C=O) groups is 1. The van der Waals surface area contributed by atoms with Gasteiger partial charge in [0.05, 0.1) is 5.56 Å². The molecule has 0 aromatic heterocycles. The van der Waals surface area contributed by atoms with Gasteiger partial charge in [0.2, 0.25) is 0 Å². The van der Waals surface area contributed by atoms with Crippen LogP contribution in [-0.2, 0) is 6.18 Å². The predicted molar refractivity (Wildman–Crippen MR) is 37.8 cm³/mol. The van der Waals surface area contributed by atoms with Gasteiger partial charge in [0.15, 0.2) is 0 Å². The van der Waals surface area contributed by atoms with Crippen molar-refractivity contribution in [2.24, 2.45) is 0 Å². The Balaban J connectivity index is 3.29. The van der Waals surface area contributed by atoms with E-state index in [4.69, 9.17) is 5.11 Å². The second-order valence-corrected chi connectivity index (χ2v) is 2.51. The lowest BCUT2D eigenvalue weighted by molar-refractivity contribution is -0.276. The number of carboxylic acid groups (broad SMARTS) is 1. The summed E-state index contributed by atoms with van der Waals surface area (Å²) in [5.41, 5.74) is -2.02. The molecule has 1 aromatic rings. The van der Waals surface area contributed by atoms with Crippen LogP contribution in [0.1, 0.15) is 15.9 Å². The monoisotopic (exact) mass is 205 g/mol. The zero-order valence-electron chi connectivity index (χ0n) is 6.63. The summed E-state index contributed by atoms with van der Waals surface area (Å²) in [5, 5.41) is 19.1. The molecule has 0 amide bonds. The smallest absolute Gasteiger partial charge is 0.415 e. The first-order valence-corrected chi connectivity index (χ1v) is 3.44. The highest BCUT2D eigenvalue weighted by Gasteiger charge is 2.31. The third-order valence-electron chi connectivity index (χ3n) is 1.53. The number of benzene rings is 1. The molecular weight excluding hydrogens is 201 g/mol. The summed E-state index contributed by atoms with van der Waals surface area (Å²) in [4.78, 5) is 10.3. The second-order valence-electron chi connectivity index (χ2n) is 2.51. The standard InChI is InChI=1S/C8H5F3O3/c9-8(10,11)5-3-4(7(13)14)1-2-6(5)12/h1-3,12H,(H,13,14)/p-1. The molecular formula is C8H4F3O3-. The SMILES string of the molecule is O=C(O)c1ccc([O-])c(C(F)(F)F)c1. The van der Waals surface area contributed by atoms with E-state index in [-0.39, 0.29) is 0 Å². The Kier molecular flexibility index (Phi) is 2.37. The highest BCUT2D eigenvalue weighted by molar-refractivity contribution is 5.88. The molecule has 0 aliphatic heterocycles. The van der Waals surface area contributed by atoms with Gasteiger partial charge in [-0.3, -0.25) is 0 Å². The highest BCUT2D eigenvalue weighted by atomic mass is 19.4. The van der Waals surface area contributed by atoms with Crippen molar-refractivity contribution >= 4 is 5.97 Å². The summed E-state index contributed by atoms with van der Waals surface area (Å²) in [6.45, 7) is 0. The van der Waals surface area contributed by atoms with E-state index in [9.17, 15) is 23.1 Å². The minimum absolute atomic E-state index is 0.324. The van der Waals surface area contributed by atoms with Crippen LogP contribution in [-0.4, -0.2) is 11.1 Å². The third kappa shape index (κ3) is 1.95. The van der Waals surface area contributed by atoms with E-state index in [1.165, 1.54) is 0 Å². The van der Waals surface area contributed by atoms with E-state index in [1.54, 1.807) is 0 Å². The zero-order valence-corrected chi connectivity index (χ0v) is 6.63. The largest absolute Gasteiger partial charge is 0.872 e. The molecule has 0 saturated heterocycles. The predicted octanol–water partition coefficient (Wildman–Crippen LogP) is 1.48. The Bertz CT molecular complexity index is 371. The fourth-order valence-corrected chi connectivity index (χ4v) is 0.885. The summed E-state index contributed by atoms with van der Waals surface area (Å²) < 4.78 is 36.3. The fourth-order valence-electron chi connectivity index (χ4n) is 0.885. The lowest BCUT2D eigenvalue weighted by atomic mass is 10.1. The van der Waals surface area contributed by atoms with Crippen molar-refractivity contribution in [2.75, 3.05) is 0 Å². The van der Waals surface area contributed by atoms with Crippen LogP contribution in [0.25, 0.3) is 0 Å². The van der Waals surface area contributed by atoms with Crippen molar-refractivity contribution in [2.45, 2.75) is 6.18 Å². The average molecular weight is 205 g/mol. The van der Waals surface area contributed by atoms with Gasteiger partial charge in [0.1, 0.15) is 0 Å². The second kappa shape index (κ2) is 3.21. The summed E-state index contributed by atoms with van der Waals surface area (Å²) >= 11 is 0. The number of hydrogen-bond acceptors (Lipinski definition) is 2. The summed E-state index contributed by atoms with van der Waals surface area (Å²) in [6, 6.07) is 1.75. The molecule has 14 heavy (non-hydrogen) atoms. The van der Waals surface area contributed by atoms with E-state index >= 15 is 0 Å². The van der Waals surface area contributed by atoms with Crippen LogP contribution in [0.2, 0.25) is 0 Å². The maximum Gasteiger partial charge on any atom is 0.415 e. The average Bonchev–Trinajstić information content (AvgIpc) is 2.02. The number of carboxylic acids is 1. The molecule has 0 aliphatic carbocycles. The molecule has 0 unspecified atom stereocenters. The van der Waals surface area contributed by atoms with Crippen molar-refractivity contribution in [1.82, 2.24) is 0 Å². The van der Waals surface area contributed by atoms with E-state index in [0.717, 1.165) is 6.07 Å². The van der Waals surface area contributed by atoms with Crippen LogP contribution in [0, 0.1) is 0 Å². The first kappa shape index (κ1) is 10.4. The van der Waals surface area contributed by atoms with Gasteiger partial charge in [-0.1, -0.05) is 11.8 Å². The van der Waals surface area contributed by atoms with Gasteiger partial charge in [-0.15, -0.1) is 0 Å². The number of halogens is 3. The highest BCUT2D eigenvalue weighted by Crippen LogP contribution is 2.34. The van der Waals surface area contributed by atoms with E-state index < -0.39 is 29.0 Å². The molecule has 0 fully saturated rings. The lowest BCUT2D eigenvalue weighted by Crippen LogP contribution is -2.11. The van der Waals surface area contributed by atoms with Gasteiger partial charge in [-0.25, -0.2) is 4.79 Å². The van der Waals surface area contributed by atoms with Crippen LogP contribution < -0.4 is 5.11 Å². The Morgan fingerprint density at radius 1 is 1.36 bits per heavy atom. The van der Waals surface area contributed by atoms with Gasteiger partial charge >= 0.3 is 12.1 Å². The molecule has 0 heterocycles. The fraction of sp³-hybridized carbons (Fsp3) is 0.125. The van der Waals surface area contributed by atoms with E-state index in [1.807, 2.05) is 0 Å². The molecule has 3 nitrogen and oxygen atoms in total. The van der Waals surface area contributed by atoms with Gasteiger partial charge in [0, 0.05) is 5.56 Å². The molecule has 0 aliphatic rings. The van der Waals surface area contributed by atoms with Crippen LogP contribution in [0.4, 0.5) is 13.2 Å². The number of aromatic carboxylic acids is 1. The molecule has 0 spiro atoms. The van der Waals surface area contributed by atoms with Crippen molar-refractivity contribution in [1.29, 1.82) is 0 Å². The topological polar surface area (TPSA) is 60.4 Å². The van der Waals surface area contributed by atoms with Crippen molar-refractivity contribution in [3.05, 3.63) is 29.3 Å². The lowest BCUT2D eigenvalue weighted by Gasteiger charge is -2.16. The first-order chi connectivity index (χ1) is 6.32. The molecule has 1 N–H and O–H groups in total. The van der Waals surface area contributed by atoms with Crippen LogP contribution in [0.15, 0.2) is 18.2 Å². The number of rotatable bonds is 1. The normalized spacial score (nSPS) is 11.4. The van der Waals surface area contributed by atoms with Gasteiger partial charge in [0.25, 0.3) is 0 Å². The van der Waals surface area contributed by atoms with Gasteiger partial charge in [-0.05, 0) is 12.1 Å². The molecule has 76 valence electrons. The summed E-state index contributed by atoms with van der Waals surface area (Å²) in [5.74, 6) is -2.74. The molecule has 0 radical (unpaired) electrons. The molecule has 6 heteroatoms. The summed E-state index contributed by atoms with van der Waals surface area (Å²) in [6.07, 6.45) is -4.82. The van der Waals surface area contributed by atoms with Crippen LogP contribution in [0.5, 0.6) is 5.75 Å². The van der Waals surface area contributed by atoms with Gasteiger partial charge in [-0.2, -0.15) is 13.2 Å². The third-order valence-corrected chi connectivity index (χ3v) is 1.53. The van der Waals surface area contributed by atoms with E-state index in [0.29, 0.717) is 12.1 Å². The minimum Gasteiger partial charge on any atom is -0.872 e. The van der Waals surface area contributed by atoms with Crippen LogP contribution >= 0.6 is 0 Å². The Morgan fingerprint density at radius 2 is 1.93 bits per heavy atom. The van der Waals surface area contributed by atoms with Crippen molar-refractivity contribution in [3.63, 3.8) is 0 Å². The van der Waals surface area contributed by atoms with Crippen molar-refractivity contribution < 1.29 is 28.2 Å². The summed E-state index contributed by atoms with van der Waals surface area (Å²) in [7, 11) is 0. The maximum atomic E-state index is 12.1. The molecule has 1 rings (SSSR count). The number of alkyl halides is 3. The molecule has 0 saturated carbocycles. The van der Waals surface area contributed by atoms with Crippen molar-refractivity contribution in [3.8, 4) is 5.75 Å². The minimum atomic E-state index is -4.82. The van der Waals surface area contributed by atoms with Crippen LogP contribution in [0.3, 0.4) is 0 Å². The zero-order chi connectivity index (χ0) is 10.9. The van der Waals surface area contributed by atoms with E-state index in [2.05, 4.69) is 0 Å². The first-order valence-electron chi connectivity index (χ1n) is 3.44. The number of hydrogen-bond donors (Lipinski definition) is 1. The quantitative estimate of drug-likeness (QED) is 0.755. The molecule has 0 atom stereocenters. The Hall–Kier alpha value is -1.72.